The average Bonchev–Trinajstić information content (AvgIpc) is 2.89. The predicted octanol–water partition coefficient (Wildman–Crippen LogP) is 2.88. The lowest BCUT2D eigenvalue weighted by Gasteiger charge is -2.08. The Bertz CT molecular complexity index is 587. The van der Waals surface area contributed by atoms with E-state index in [9.17, 15) is 4.79 Å². The van der Waals surface area contributed by atoms with Crippen molar-refractivity contribution < 1.29 is 18.7 Å². The highest BCUT2D eigenvalue weighted by Crippen LogP contribution is 2.22. The van der Waals surface area contributed by atoms with E-state index in [4.69, 9.17) is 25.5 Å². The van der Waals surface area contributed by atoms with E-state index < -0.39 is 0 Å². The summed E-state index contributed by atoms with van der Waals surface area (Å²) in [6.45, 7) is 0.255. The number of nitrogens with one attached hydrogen (secondary N) is 1. The van der Waals surface area contributed by atoms with Crippen molar-refractivity contribution >= 4 is 17.5 Å². The Kier molecular flexibility index (Phi) is 4.53. The maximum Gasteiger partial charge on any atom is 0.251 e. The summed E-state index contributed by atoms with van der Waals surface area (Å²) in [6, 6.07) is 8.29. The first-order valence-electron chi connectivity index (χ1n) is 5.88. The summed E-state index contributed by atoms with van der Waals surface area (Å²) in [5, 5.41) is 3.02. The Morgan fingerprint density at radius 2 is 1.85 bits per heavy atom. The predicted molar refractivity (Wildman–Crippen MR) is 74.4 cm³/mol. The van der Waals surface area contributed by atoms with Crippen LogP contribution in [0.4, 0.5) is 0 Å². The highest BCUT2D eigenvalue weighted by atomic mass is 35.5. The average molecular weight is 296 g/mol. The van der Waals surface area contributed by atoms with E-state index in [0.29, 0.717) is 22.8 Å². The molecule has 0 aliphatic rings. The van der Waals surface area contributed by atoms with Gasteiger partial charge in [-0.15, -0.1) is 0 Å². The lowest BCUT2D eigenvalue weighted by Crippen LogP contribution is -2.22. The maximum absolute atomic E-state index is 12.1. The summed E-state index contributed by atoms with van der Waals surface area (Å²) in [7, 11) is 3.06. The zero-order valence-electron chi connectivity index (χ0n) is 11.1. The maximum atomic E-state index is 12.1. The van der Waals surface area contributed by atoms with E-state index in [2.05, 4.69) is 5.32 Å². The zero-order chi connectivity index (χ0) is 14.5. The summed E-state index contributed by atoms with van der Waals surface area (Å²) < 4.78 is 15.4. The molecule has 0 unspecified atom stereocenters. The fourth-order valence-corrected chi connectivity index (χ4v) is 1.82. The highest BCUT2D eigenvalue weighted by molar-refractivity contribution is 6.28. The van der Waals surface area contributed by atoms with Gasteiger partial charge in [0.25, 0.3) is 5.91 Å². The van der Waals surface area contributed by atoms with Crippen molar-refractivity contribution in [1.29, 1.82) is 0 Å². The number of hydrogen-bond acceptors (Lipinski definition) is 4. The number of furan rings is 1. The van der Waals surface area contributed by atoms with Crippen LogP contribution in [0.25, 0.3) is 0 Å². The molecule has 6 heteroatoms. The second kappa shape index (κ2) is 6.34. The van der Waals surface area contributed by atoms with Crippen LogP contribution in [0.1, 0.15) is 16.1 Å². The standard InChI is InChI=1S/C14H14ClNO4/c1-18-11-5-9(6-12(7-11)19-2)14(17)16-8-10-3-4-13(15)20-10/h3-7H,8H2,1-2H3,(H,16,17). The molecule has 0 fully saturated rings. The first-order chi connectivity index (χ1) is 9.62. The van der Waals surface area contributed by atoms with Gasteiger partial charge in [0, 0.05) is 11.6 Å². The van der Waals surface area contributed by atoms with E-state index >= 15 is 0 Å². The molecule has 0 radical (unpaired) electrons. The molecule has 0 bridgehead atoms. The van der Waals surface area contributed by atoms with Crippen LogP contribution in [-0.4, -0.2) is 20.1 Å². The summed E-state index contributed by atoms with van der Waals surface area (Å²) in [4.78, 5) is 12.1. The van der Waals surface area contributed by atoms with Crippen molar-refractivity contribution in [3.8, 4) is 11.5 Å². The van der Waals surface area contributed by atoms with Crippen molar-refractivity contribution in [3.05, 3.63) is 46.9 Å². The van der Waals surface area contributed by atoms with E-state index in [1.54, 1.807) is 30.3 Å². The number of rotatable bonds is 5. The van der Waals surface area contributed by atoms with Gasteiger partial charge in [-0.2, -0.15) is 0 Å². The van der Waals surface area contributed by atoms with E-state index in [0.717, 1.165) is 0 Å². The van der Waals surface area contributed by atoms with Crippen LogP contribution in [-0.2, 0) is 6.54 Å². The molecular formula is C14H14ClNO4. The minimum atomic E-state index is -0.255. The molecule has 1 aromatic carbocycles. The minimum absolute atomic E-state index is 0.255. The molecule has 1 amide bonds. The molecule has 0 saturated heterocycles. The SMILES string of the molecule is COc1cc(OC)cc(C(=O)NCc2ccc(Cl)o2)c1. The Morgan fingerprint density at radius 1 is 1.20 bits per heavy atom. The molecule has 1 N–H and O–H groups in total. The van der Waals surface area contributed by atoms with Gasteiger partial charge < -0.3 is 19.2 Å². The quantitative estimate of drug-likeness (QED) is 0.921. The molecule has 0 saturated carbocycles. The third-order valence-corrected chi connectivity index (χ3v) is 2.87. The Balaban J connectivity index is 2.08. The Morgan fingerprint density at radius 3 is 2.35 bits per heavy atom. The molecule has 1 aromatic heterocycles. The number of hydrogen-bond donors (Lipinski definition) is 1. The van der Waals surface area contributed by atoms with Gasteiger partial charge in [-0.1, -0.05) is 0 Å². The number of halogens is 1. The smallest absolute Gasteiger partial charge is 0.251 e. The van der Waals surface area contributed by atoms with Crippen molar-refractivity contribution in [2.75, 3.05) is 14.2 Å². The number of carbonyl (C=O) groups is 1. The minimum Gasteiger partial charge on any atom is -0.497 e. The van der Waals surface area contributed by atoms with Gasteiger partial charge in [-0.25, -0.2) is 0 Å². The van der Waals surface area contributed by atoms with Crippen LogP contribution in [0.5, 0.6) is 11.5 Å². The van der Waals surface area contributed by atoms with Crippen molar-refractivity contribution in [2.24, 2.45) is 0 Å². The van der Waals surface area contributed by atoms with E-state index in [1.165, 1.54) is 14.2 Å². The van der Waals surface area contributed by atoms with Crippen LogP contribution in [0.3, 0.4) is 0 Å². The monoisotopic (exact) mass is 295 g/mol. The normalized spacial score (nSPS) is 10.2. The number of methoxy groups -OCH3 is 2. The second-order valence-corrected chi connectivity index (χ2v) is 4.36. The zero-order valence-corrected chi connectivity index (χ0v) is 11.9. The molecule has 1 heterocycles. The van der Waals surface area contributed by atoms with Crippen LogP contribution >= 0.6 is 11.6 Å². The number of benzene rings is 1. The summed E-state index contributed by atoms with van der Waals surface area (Å²) >= 11 is 5.66. The molecule has 106 valence electrons. The van der Waals surface area contributed by atoms with Crippen molar-refractivity contribution in [2.45, 2.75) is 6.54 Å². The third kappa shape index (κ3) is 3.45. The first-order valence-corrected chi connectivity index (χ1v) is 6.25. The molecule has 20 heavy (non-hydrogen) atoms. The summed E-state index contributed by atoms with van der Waals surface area (Å²) in [5.41, 5.74) is 0.443. The first kappa shape index (κ1) is 14.3. The summed E-state index contributed by atoms with van der Waals surface area (Å²) in [6.07, 6.45) is 0. The van der Waals surface area contributed by atoms with Gasteiger partial charge in [0.2, 0.25) is 0 Å². The molecule has 0 spiro atoms. The molecule has 0 aliphatic heterocycles. The molecular weight excluding hydrogens is 282 g/mol. The van der Waals surface area contributed by atoms with Crippen LogP contribution in [0.2, 0.25) is 5.22 Å². The Hall–Kier alpha value is -2.14. The number of amides is 1. The van der Waals surface area contributed by atoms with Crippen LogP contribution < -0.4 is 14.8 Å². The lowest BCUT2D eigenvalue weighted by molar-refractivity contribution is 0.0947. The Labute approximate surface area is 121 Å². The highest BCUT2D eigenvalue weighted by Gasteiger charge is 2.10. The molecule has 5 nitrogen and oxygen atoms in total. The van der Waals surface area contributed by atoms with Gasteiger partial charge in [-0.05, 0) is 35.9 Å². The molecule has 2 aromatic rings. The molecule has 0 aliphatic carbocycles. The number of carbonyl (C=O) groups excluding carboxylic acids is 1. The van der Waals surface area contributed by atoms with Crippen molar-refractivity contribution in [3.63, 3.8) is 0 Å². The third-order valence-electron chi connectivity index (χ3n) is 2.67. The van der Waals surface area contributed by atoms with E-state index in [1.807, 2.05) is 0 Å². The van der Waals surface area contributed by atoms with Crippen LogP contribution in [0.15, 0.2) is 34.7 Å². The van der Waals surface area contributed by atoms with Gasteiger partial charge in [0.15, 0.2) is 5.22 Å². The fourth-order valence-electron chi connectivity index (χ4n) is 1.65. The van der Waals surface area contributed by atoms with Crippen molar-refractivity contribution in [1.82, 2.24) is 5.32 Å². The van der Waals surface area contributed by atoms with Gasteiger partial charge in [-0.3, -0.25) is 4.79 Å². The topological polar surface area (TPSA) is 60.7 Å². The van der Waals surface area contributed by atoms with Gasteiger partial charge in [0.1, 0.15) is 17.3 Å². The van der Waals surface area contributed by atoms with Crippen LogP contribution in [0, 0.1) is 0 Å². The molecule has 2 rings (SSSR count). The van der Waals surface area contributed by atoms with E-state index in [-0.39, 0.29) is 17.7 Å². The largest absolute Gasteiger partial charge is 0.497 e. The fraction of sp³-hybridized carbons (Fsp3) is 0.214. The van der Waals surface area contributed by atoms with Gasteiger partial charge in [0.05, 0.1) is 20.8 Å². The number of ether oxygens (including phenoxy) is 2. The lowest BCUT2D eigenvalue weighted by atomic mass is 10.2. The second-order valence-electron chi connectivity index (χ2n) is 3.99. The van der Waals surface area contributed by atoms with Gasteiger partial charge >= 0.3 is 0 Å². The summed E-state index contributed by atoms with van der Waals surface area (Å²) in [5.74, 6) is 1.43. The molecule has 0 atom stereocenters.